The van der Waals surface area contributed by atoms with Crippen molar-refractivity contribution in [3.63, 3.8) is 0 Å². The second-order valence-corrected chi connectivity index (χ2v) is 5.89. The van der Waals surface area contributed by atoms with Crippen LogP contribution in [0.1, 0.15) is 18.1 Å². The molecular weight excluding hydrogens is 338 g/mol. The quantitative estimate of drug-likeness (QED) is 0.702. The smallest absolute Gasteiger partial charge is 0.240 e. The van der Waals surface area contributed by atoms with E-state index in [0.29, 0.717) is 6.42 Å². The Labute approximate surface area is 154 Å². The van der Waals surface area contributed by atoms with Crippen molar-refractivity contribution >= 4 is 24.2 Å². The maximum Gasteiger partial charge on any atom is 0.240 e. The van der Waals surface area contributed by atoms with Crippen LogP contribution < -0.4 is 16.4 Å². The van der Waals surface area contributed by atoms with E-state index in [0.717, 1.165) is 11.1 Å². The summed E-state index contributed by atoms with van der Waals surface area (Å²) in [5, 5.41) is 5.54. The first kappa shape index (κ1) is 20.7. The topological polar surface area (TPSA) is 84.2 Å². The predicted molar refractivity (Wildman–Crippen MR) is 101 cm³/mol. The van der Waals surface area contributed by atoms with Crippen LogP contribution in [-0.2, 0) is 21.5 Å². The molecule has 2 aromatic rings. The number of hydrogen-bond donors (Lipinski definition) is 3. The second kappa shape index (κ2) is 9.81. The van der Waals surface area contributed by atoms with E-state index in [9.17, 15) is 9.59 Å². The Morgan fingerprint density at radius 3 is 2.08 bits per heavy atom. The van der Waals surface area contributed by atoms with Gasteiger partial charge in [0.2, 0.25) is 11.8 Å². The molecule has 0 saturated heterocycles. The number of hydrogen-bond acceptors (Lipinski definition) is 3. The zero-order valence-corrected chi connectivity index (χ0v) is 15.0. The average molecular weight is 362 g/mol. The van der Waals surface area contributed by atoms with E-state index in [1.54, 1.807) is 0 Å². The Morgan fingerprint density at radius 1 is 0.960 bits per heavy atom. The molecule has 25 heavy (non-hydrogen) atoms. The molecule has 0 fully saturated rings. The van der Waals surface area contributed by atoms with E-state index >= 15 is 0 Å². The lowest BCUT2D eigenvalue weighted by Crippen LogP contribution is -2.49. The summed E-state index contributed by atoms with van der Waals surface area (Å²) in [6.07, 6.45) is 0.647. The normalized spacial score (nSPS) is 12.4. The molecule has 0 saturated carbocycles. The fourth-order valence-corrected chi connectivity index (χ4v) is 2.63. The summed E-state index contributed by atoms with van der Waals surface area (Å²) in [7, 11) is 0. The van der Waals surface area contributed by atoms with Crippen molar-refractivity contribution in [2.75, 3.05) is 13.1 Å². The minimum absolute atomic E-state index is 0. The van der Waals surface area contributed by atoms with Gasteiger partial charge in [-0.2, -0.15) is 0 Å². The first-order valence-electron chi connectivity index (χ1n) is 7.91. The number of rotatable bonds is 7. The average Bonchev–Trinajstić information content (AvgIpc) is 2.61. The summed E-state index contributed by atoms with van der Waals surface area (Å²) in [5.41, 5.74) is 6.79. The van der Waals surface area contributed by atoms with E-state index < -0.39 is 5.54 Å². The van der Waals surface area contributed by atoms with Gasteiger partial charge in [0.05, 0.1) is 18.6 Å². The zero-order chi connectivity index (χ0) is 17.4. The lowest BCUT2D eigenvalue weighted by molar-refractivity contribution is -0.126. The summed E-state index contributed by atoms with van der Waals surface area (Å²) in [4.78, 5) is 23.5. The van der Waals surface area contributed by atoms with Crippen molar-refractivity contribution < 1.29 is 9.59 Å². The van der Waals surface area contributed by atoms with Gasteiger partial charge in [-0.3, -0.25) is 9.59 Å². The highest BCUT2D eigenvalue weighted by Crippen LogP contribution is 2.25. The maximum absolute atomic E-state index is 12.3. The van der Waals surface area contributed by atoms with Gasteiger partial charge in [0.25, 0.3) is 0 Å². The van der Waals surface area contributed by atoms with E-state index in [2.05, 4.69) is 10.6 Å². The second-order valence-electron chi connectivity index (χ2n) is 5.89. The Kier molecular flexibility index (Phi) is 8.11. The van der Waals surface area contributed by atoms with E-state index in [4.69, 9.17) is 5.73 Å². The van der Waals surface area contributed by atoms with Crippen LogP contribution in [0.15, 0.2) is 60.7 Å². The first-order valence-corrected chi connectivity index (χ1v) is 7.91. The zero-order valence-electron chi connectivity index (χ0n) is 14.2. The van der Waals surface area contributed by atoms with Gasteiger partial charge in [0.15, 0.2) is 0 Å². The van der Waals surface area contributed by atoms with Gasteiger partial charge in [0.1, 0.15) is 0 Å². The lowest BCUT2D eigenvalue weighted by atomic mass is 9.85. The Hall–Kier alpha value is -2.37. The standard InChI is InChI=1S/C19H23N3O2.ClH/c1-19(16-10-6-3-7-11-16,12-15-8-4-2-5-9-15)22-18(24)14-21-17(23)13-20;/h2-11H,12-14,20H2,1H3,(H,21,23)(H,22,24);1H. The fourth-order valence-electron chi connectivity index (χ4n) is 2.63. The molecule has 2 amide bonds. The molecule has 0 bridgehead atoms. The van der Waals surface area contributed by atoms with Gasteiger partial charge in [-0.15, -0.1) is 12.4 Å². The Bertz CT molecular complexity index is 680. The molecule has 1 atom stereocenters. The first-order chi connectivity index (χ1) is 11.5. The van der Waals surface area contributed by atoms with Gasteiger partial charge in [-0.1, -0.05) is 60.7 Å². The summed E-state index contributed by atoms with van der Waals surface area (Å²) in [6, 6.07) is 19.8. The predicted octanol–water partition coefficient (Wildman–Crippen LogP) is 1.76. The van der Waals surface area contributed by atoms with Crippen molar-refractivity contribution in [1.82, 2.24) is 10.6 Å². The molecule has 0 spiro atoms. The summed E-state index contributed by atoms with van der Waals surface area (Å²) >= 11 is 0. The minimum atomic E-state index is -0.576. The molecule has 134 valence electrons. The summed E-state index contributed by atoms with van der Waals surface area (Å²) in [5.74, 6) is -0.603. The van der Waals surface area contributed by atoms with E-state index in [-0.39, 0.29) is 37.3 Å². The monoisotopic (exact) mass is 361 g/mol. The van der Waals surface area contributed by atoms with Gasteiger partial charge < -0.3 is 16.4 Å². The third-order valence-corrected chi connectivity index (χ3v) is 3.86. The van der Waals surface area contributed by atoms with Crippen LogP contribution in [0, 0.1) is 0 Å². The van der Waals surface area contributed by atoms with Gasteiger partial charge >= 0.3 is 0 Å². The third-order valence-electron chi connectivity index (χ3n) is 3.86. The van der Waals surface area contributed by atoms with Crippen molar-refractivity contribution in [3.8, 4) is 0 Å². The highest BCUT2D eigenvalue weighted by atomic mass is 35.5. The molecule has 5 nitrogen and oxygen atoms in total. The Balaban J connectivity index is 0.00000312. The van der Waals surface area contributed by atoms with Crippen molar-refractivity contribution in [2.45, 2.75) is 18.9 Å². The molecule has 0 heterocycles. The number of nitrogens with one attached hydrogen (secondary N) is 2. The fraction of sp³-hybridized carbons (Fsp3) is 0.263. The molecule has 2 aromatic carbocycles. The SMILES string of the molecule is CC(Cc1ccccc1)(NC(=O)CNC(=O)CN)c1ccccc1.Cl. The molecule has 0 aliphatic rings. The van der Waals surface area contributed by atoms with Crippen molar-refractivity contribution in [3.05, 3.63) is 71.8 Å². The molecule has 0 aromatic heterocycles. The van der Waals surface area contributed by atoms with Crippen LogP contribution in [0.3, 0.4) is 0 Å². The third kappa shape index (κ3) is 6.21. The van der Waals surface area contributed by atoms with Gasteiger partial charge in [-0.05, 0) is 24.5 Å². The van der Waals surface area contributed by atoms with E-state index in [1.807, 2.05) is 67.6 Å². The number of amides is 2. The molecule has 0 aliphatic carbocycles. The molecule has 1 unspecified atom stereocenters. The van der Waals surface area contributed by atoms with Crippen LogP contribution in [0.2, 0.25) is 0 Å². The molecule has 2 rings (SSSR count). The van der Waals surface area contributed by atoms with Crippen molar-refractivity contribution in [1.29, 1.82) is 0 Å². The van der Waals surface area contributed by atoms with Crippen LogP contribution in [-0.4, -0.2) is 24.9 Å². The van der Waals surface area contributed by atoms with Crippen LogP contribution in [0.25, 0.3) is 0 Å². The summed E-state index contributed by atoms with van der Waals surface area (Å²) in [6.45, 7) is 1.76. The van der Waals surface area contributed by atoms with Crippen LogP contribution in [0.4, 0.5) is 0 Å². The molecule has 4 N–H and O–H groups in total. The Morgan fingerprint density at radius 2 is 1.52 bits per heavy atom. The molecular formula is C19H24ClN3O2. The molecule has 0 radical (unpaired) electrons. The minimum Gasteiger partial charge on any atom is -0.346 e. The molecule has 0 aliphatic heterocycles. The number of benzene rings is 2. The highest BCUT2D eigenvalue weighted by molar-refractivity contribution is 5.86. The number of carbonyl (C=O) groups excluding carboxylic acids is 2. The van der Waals surface area contributed by atoms with Gasteiger partial charge in [0, 0.05) is 0 Å². The maximum atomic E-state index is 12.3. The van der Waals surface area contributed by atoms with Crippen molar-refractivity contribution in [2.24, 2.45) is 5.73 Å². The van der Waals surface area contributed by atoms with E-state index in [1.165, 1.54) is 0 Å². The lowest BCUT2D eigenvalue weighted by Gasteiger charge is -2.32. The van der Waals surface area contributed by atoms with Crippen LogP contribution >= 0.6 is 12.4 Å². The highest BCUT2D eigenvalue weighted by Gasteiger charge is 2.28. The molecule has 6 heteroatoms. The number of nitrogens with two attached hydrogens (primary N) is 1. The number of halogens is 1. The number of carbonyl (C=O) groups is 2. The van der Waals surface area contributed by atoms with Crippen LogP contribution in [0.5, 0.6) is 0 Å². The summed E-state index contributed by atoms with van der Waals surface area (Å²) < 4.78 is 0. The largest absolute Gasteiger partial charge is 0.346 e. The van der Waals surface area contributed by atoms with Gasteiger partial charge in [-0.25, -0.2) is 0 Å².